The molecule has 0 spiro atoms. The quantitative estimate of drug-likeness (QED) is 0.874. The smallest absolute Gasteiger partial charge is 0.121 e. The Kier molecular flexibility index (Phi) is 4.96. The van der Waals surface area contributed by atoms with Crippen LogP contribution < -0.4 is 0 Å². The van der Waals surface area contributed by atoms with Crippen molar-refractivity contribution in [3.63, 3.8) is 0 Å². The summed E-state index contributed by atoms with van der Waals surface area (Å²) in [6.45, 7) is 7.08. The zero-order valence-corrected chi connectivity index (χ0v) is 12.6. The number of aromatic nitrogens is 2. The molecule has 3 nitrogen and oxygen atoms in total. The first-order valence-corrected chi connectivity index (χ1v) is 7.53. The van der Waals surface area contributed by atoms with E-state index >= 15 is 0 Å². The highest BCUT2D eigenvalue weighted by atomic mass is 16.3. The lowest BCUT2D eigenvalue weighted by Crippen LogP contribution is -2.09. The summed E-state index contributed by atoms with van der Waals surface area (Å²) in [6.07, 6.45) is 2.46. The second kappa shape index (κ2) is 6.71. The molecule has 0 amide bonds. The molecule has 2 rings (SSSR count). The third-order valence-corrected chi connectivity index (χ3v) is 3.61. The molecule has 1 aromatic carbocycles. The second-order valence-corrected chi connectivity index (χ2v) is 5.13. The van der Waals surface area contributed by atoms with E-state index in [1.165, 1.54) is 5.56 Å². The van der Waals surface area contributed by atoms with Gasteiger partial charge in [0, 0.05) is 6.54 Å². The van der Waals surface area contributed by atoms with Crippen LogP contribution in [0.3, 0.4) is 0 Å². The van der Waals surface area contributed by atoms with Gasteiger partial charge in [0.05, 0.1) is 11.4 Å². The standard InChI is InChI=1S/C17H24N2O/c1-4-8-13-9-7-10-14(11-13)17(20)16-12-15(5-2)18-19(16)6-3/h7,9-12,17,20H,4-6,8H2,1-3H3. The second-order valence-electron chi connectivity index (χ2n) is 5.13. The highest BCUT2D eigenvalue weighted by molar-refractivity contribution is 5.31. The highest BCUT2D eigenvalue weighted by Crippen LogP contribution is 2.24. The van der Waals surface area contributed by atoms with E-state index in [0.717, 1.165) is 42.8 Å². The van der Waals surface area contributed by atoms with E-state index in [-0.39, 0.29) is 0 Å². The van der Waals surface area contributed by atoms with Gasteiger partial charge in [0.2, 0.25) is 0 Å². The Hall–Kier alpha value is -1.61. The molecule has 2 aromatic rings. The van der Waals surface area contributed by atoms with E-state index in [9.17, 15) is 5.11 Å². The van der Waals surface area contributed by atoms with Gasteiger partial charge in [-0.3, -0.25) is 4.68 Å². The SMILES string of the molecule is CCCc1cccc(C(O)c2cc(CC)nn2CC)c1. The molecule has 1 unspecified atom stereocenters. The van der Waals surface area contributed by atoms with Crippen LogP contribution in [-0.2, 0) is 19.4 Å². The fourth-order valence-electron chi connectivity index (χ4n) is 2.51. The van der Waals surface area contributed by atoms with Crippen molar-refractivity contribution in [2.24, 2.45) is 0 Å². The van der Waals surface area contributed by atoms with E-state index < -0.39 is 6.10 Å². The van der Waals surface area contributed by atoms with Crippen LogP contribution in [-0.4, -0.2) is 14.9 Å². The van der Waals surface area contributed by atoms with Crippen LogP contribution in [0, 0.1) is 0 Å². The molecule has 20 heavy (non-hydrogen) atoms. The van der Waals surface area contributed by atoms with Crippen LogP contribution in [0.5, 0.6) is 0 Å². The van der Waals surface area contributed by atoms with Crippen molar-refractivity contribution in [3.8, 4) is 0 Å². The molecule has 3 heteroatoms. The maximum absolute atomic E-state index is 10.6. The third-order valence-electron chi connectivity index (χ3n) is 3.61. The Labute approximate surface area is 121 Å². The minimum absolute atomic E-state index is 0.598. The molecule has 1 aromatic heterocycles. The van der Waals surface area contributed by atoms with Crippen molar-refractivity contribution >= 4 is 0 Å². The molecule has 0 saturated carbocycles. The van der Waals surface area contributed by atoms with Crippen LogP contribution in [0.15, 0.2) is 30.3 Å². The Morgan fingerprint density at radius 1 is 1.20 bits per heavy atom. The number of benzene rings is 1. The number of hydrogen-bond donors (Lipinski definition) is 1. The zero-order chi connectivity index (χ0) is 14.5. The molecule has 0 fully saturated rings. The molecule has 0 bridgehead atoms. The molecule has 0 aliphatic rings. The van der Waals surface area contributed by atoms with Crippen LogP contribution >= 0.6 is 0 Å². The van der Waals surface area contributed by atoms with Gasteiger partial charge < -0.3 is 5.11 Å². The number of hydrogen-bond acceptors (Lipinski definition) is 2. The monoisotopic (exact) mass is 272 g/mol. The van der Waals surface area contributed by atoms with E-state index in [2.05, 4.69) is 38.0 Å². The maximum Gasteiger partial charge on any atom is 0.121 e. The number of aliphatic hydroxyl groups is 1. The van der Waals surface area contributed by atoms with Gasteiger partial charge in [-0.2, -0.15) is 5.10 Å². The molecule has 0 saturated heterocycles. The predicted molar refractivity (Wildman–Crippen MR) is 81.8 cm³/mol. The summed E-state index contributed by atoms with van der Waals surface area (Å²) in [5, 5.41) is 15.2. The maximum atomic E-state index is 10.6. The molecular weight excluding hydrogens is 248 g/mol. The van der Waals surface area contributed by atoms with Crippen molar-refractivity contribution < 1.29 is 5.11 Å². The van der Waals surface area contributed by atoms with Crippen molar-refractivity contribution in [1.82, 2.24) is 9.78 Å². The van der Waals surface area contributed by atoms with E-state index in [0.29, 0.717) is 0 Å². The lowest BCUT2D eigenvalue weighted by Gasteiger charge is -2.13. The summed E-state index contributed by atoms with van der Waals surface area (Å²) < 4.78 is 1.90. The summed E-state index contributed by atoms with van der Waals surface area (Å²) in [4.78, 5) is 0. The molecule has 108 valence electrons. The number of aliphatic hydroxyl groups excluding tert-OH is 1. The Morgan fingerprint density at radius 2 is 2.00 bits per heavy atom. The van der Waals surface area contributed by atoms with Crippen LogP contribution in [0.25, 0.3) is 0 Å². The van der Waals surface area contributed by atoms with Crippen LogP contribution in [0.2, 0.25) is 0 Å². The number of nitrogens with zero attached hydrogens (tertiary/aromatic N) is 2. The average Bonchev–Trinajstić information content (AvgIpc) is 2.90. The highest BCUT2D eigenvalue weighted by Gasteiger charge is 2.17. The lowest BCUT2D eigenvalue weighted by molar-refractivity contribution is 0.208. The normalized spacial score (nSPS) is 12.6. The van der Waals surface area contributed by atoms with Crippen molar-refractivity contribution in [2.45, 2.75) is 52.7 Å². The van der Waals surface area contributed by atoms with Gasteiger partial charge in [-0.05, 0) is 37.0 Å². The van der Waals surface area contributed by atoms with Gasteiger partial charge in [0.15, 0.2) is 0 Å². The first-order valence-electron chi connectivity index (χ1n) is 7.53. The minimum atomic E-state index is -0.598. The molecule has 1 N–H and O–H groups in total. The number of aryl methyl sites for hydroxylation is 3. The third kappa shape index (κ3) is 3.10. The summed E-state index contributed by atoms with van der Waals surface area (Å²) in [6, 6.07) is 10.3. The molecule has 1 atom stereocenters. The van der Waals surface area contributed by atoms with E-state index in [1.54, 1.807) is 0 Å². The minimum Gasteiger partial charge on any atom is -0.382 e. The van der Waals surface area contributed by atoms with Gasteiger partial charge in [-0.25, -0.2) is 0 Å². The van der Waals surface area contributed by atoms with Gasteiger partial charge in [0.25, 0.3) is 0 Å². The Bertz CT molecular complexity index is 560. The summed E-state index contributed by atoms with van der Waals surface area (Å²) >= 11 is 0. The fourth-order valence-corrected chi connectivity index (χ4v) is 2.51. The van der Waals surface area contributed by atoms with E-state index in [4.69, 9.17) is 0 Å². The van der Waals surface area contributed by atoms with Crippen molar-refractivity contribution in [2.75, 3.05) is 0 Å². The van der Waals surface area contributed by atoms with Crippen molar-refractivity contribution in [3.05, 3.63) is 52.8 Å². The van der Waals surface area contributed by atoms with Gasteiger partial charge in [-0.15, -0.1) is 0 Å². The summed E-state index contributed by atoms with van der Waals surface area (Å²) in [5.41, 5.74) is 4.15. The fraction of sp³-hybridized carbons (Fsp3) is 0.471. The topological polar surface area (TPSA) is 38.1 Å². The first kappa shape index (κ1) is 14.8. The average molecular weight is 272 g/mol. The molecule has 0 aliphatic carbocycles. The summed E-state index contributed by atoms with van der Waals surface area (Å²) in [5.74, 6) is 0. The van der Waals surface area contributed by atoms with Gasteiger partial charge in [0.1, 0.15) is 6.10 Å². The lowest BCUT2D eigenvalue weighted by atomic mass is 10.0. The van der Waals surface area contributed by atoms with E-state index in [1.807, 2.05) is 22.9 Å². The van der Waals surface area contributed by atoms with Gasteiger partial charge in [-0.1, -0.05) is 44.5 Å². The molecule has 0 radical (unpaired) electrons. The first-order chi connectivity index (χ1) is 9.69. The molecular formula is C17H24N2O. The van der Waals surface area contributed by atoms with Gasteiger partial charge >= 0.3 is 0 Å². The number of rotatable bonds is 6. The molecule has 1 heterocycles. The predicted octanol–water partition coefficient (Wildman–Crippen LogP) is 3.50. The zero-order valence-electron chi connectivity index (χ0n) is 12.6. The molecule has 0 aliphatic heterocycles. The Morgan fingerprint density at radius 3 is 2.65 bits per heavy atom. The van der Waals surface area contributed by atoms with Crippen molar-refractivity contribution in [1.29, 1.82) is 0 Å². The Balaban J connectivity index is 2.32. The van der Waals surface area contributed by atoms with Crippen LogP contribution in [0.4, 0.5) is 0 Å². The van der Waals surface area contributed by atoms with Crippen LogP contribution in [0.1, 0.15) is 55.8 Å². The largest absolute Gasteiger partial charge is 0.382 e. The summed E-state index contributed by atoms with van der Waals surface area (Å²) in [7, 11) is 0.